The van der Waals surface area contributed by atoms with Gasteiger partial charge in [-0.15, -0.1) is 11.8 Å². The number of thioether (sulfide) groups is 1. The molecule has 0 bridgehead atoms. The van der Waals surface area contributed by atoms with Crippen molar-refractivity contribution in [3.63, 3.8) is 0 Å². The third kappa shape index (κ3) is 3.03. The molecule has 4 heteroatoms. The highest BCUT2D eigenvalue weighted by Crippen LogP contribution is 2.31. The molecule has 0 saturated carbocycles. The first-order valence-electron chi connectivity index (χ1n) is 5.65. The van der Waals surface area contributed by atoms with Crippen LogP contribution >= 0.6 is 11.8 Å². The van der Waals surface area contributed by atoms with Crippen molar-refractivity contribution in [2.75, 3.05) is 6.26 Å². The van der Waals surface area contributed by atoms with E-state index in [4.69, 9.17) is 4.74 Å². The summed E-state index contributed by atoms with van der Waals surface area (Å²) in [5.41, 5.74) is 0.639. The number of aliphatic hydroxyl groups is 1. The quantitative estimate of drug-likeness (QED) is 0.853. The lowest BCUT2D eigenvalue weighted by Crippen LogP contribution is -1.95. The lowest BCUT2D eigenvalue weighted by molar-refractivity contribution is 0.194. The summed E-state index contributed by atoms with van der Waals surface area (Å²) in [7, 11) is 0. The predicted octanol–water partition coefficient (Wildman–Crippen LogP) is 3.65. The standard InChI is InChI=1S/C14H15NO2S/c1-10(16)12-8-7-11(9-15-12)17-13-5-3-4-6-14(13)18-2/h3-10,16H,1-2H3/t10-/m0/s1. The zero-order chi connectivity index (χ0) is 13.0. The van der Waals surface area contributed by atoms with Crippen LogP contribution in [0.2, 0.25) is 0 Å². The van der Waals surface area contributed by atoms with Crippen molar-refractivity contribution in [3.05, 3.63) is 48.3 Å². The molecule has 2 rings (SSSR count). The Morgan fingerprint density at radius 2 is 2.00 bits per heavy atom. The molecule has 0 aliphatic heterocycles. The molecule has 0 aliphatic carbocycles. The molecule has 0 aliphatic rings. The van der Waals surface area contributed by atoms with Gasteiger partial charge in [0.05, 0.1) is 18.0 Å². The fourth-order valence-electron chi connectivity index (χ4n) is 1.53. The van der Waals surface area contributed by atoms with Crippen LogP contribution in [0.15, 0.2) is 47.5 Å². The SMILES string of the molecule is CSc1ccccc1Oc1ccc([C@H](C)O)nc1. The van der Waals surface area contributed by atoms with Gasteiger partial charge in [-0.25, -0.2) is 0 Å². The molecule has 0 amide bonds. The van der Waals surface area contributed by atoms with Crippen molar-refractivity contribution in [2.24, 2.45) is 0 Å². The number of nitrogens with zero attached hydrogens (tertiary/aromatic N) is 1. The van der Waals surface area contributed by atoms with Crippen LogP contribution in [0.3, 0.4) is 0 Å². The van der Waals surface area contributed by atoms with Crippen molar-refractivity contribution in [3.8, 4) is 11.5 Å². The van der Waals surface area contributed by atoms with E-state index in [-0.39, 0.29) is 0 Å². The molecule has 18 heavy (non-hydrogen) atoms. The Labute approximate surface area is 111 Å². The fourth-order valence-corrected chi connectivity index (χ4v) is 2.05. The summed E-state index contributed by atoms with van der Waals surface area (Å²) in [6, 6.07) is 11.4. The molecule has 1 aromatic heterocycles. The second-order valence-corrected chi connectivity index (χ2v) is 4.70. The largest absolute Gasteiger partial charge is 0.455 e. The number of hydrogen-bond donors (Lipinski definition) is 1. The Hall–Kier alpha value is -1.52. The van der Waals surface area contributed by atoms with Gasteiger partial charge >= 0.3 is 0 Å². The summed E-state index contributed by atoms with van der Waals surface area (Å²) in [6.45, 7) is 1.69. The lowest BCUT2D eigenvalue weighted by Gasteiger charge is -2.10. The molecule has 3 nitrogen and oxygen atoms in total. The highest BCUT2D eigenvalue weighted by molar-refractivity contribution is 7.98. The van der Waals surface area contributed by atoms with Crippen LogP contribution in [0.5, 0.6) is 11.5 Å². The van der Waals surface area contributed by atoms with E-state index in [2.05, 4.69) is 4.98 Å². The average Bonchev–Trinajstić information content (AvgIpc) is 2.40. The van der Waals surface area contributed by atoms with Gasteiger partial charge in [-0.2, -0.15) is 0 Å². The minimum Gasteiger partial charge on any atom is -0.455 e. The molecule has 0 fully saturated rings. The summed E-state index contributed by atoms with van der Waals surface area (Å²) < 4.78 is 5.77. The van der Waals surface area contributed by atoms with Gasteiger partial charge in [0.1, 0.15) is 11.5 Å². The average molecular weight is 261 g/mol. The number of benzene rings is 1. The lowest BCUT2D eigenvalue weighted by atomic mass is 10.2. The fraction of sp³-hybridized carbons (Fsp3) is 0.214. The molecule has 1 aromatic carbocycles. The van der Waals surface area contributed by atoms with Crippen LogP contribution in [-0.2, 0) is 0 Å². The summed E-state index contributed by atoms with van der Waals surface area (Å²) in [4.78, 5) is 5.23. The molecule has 1 heterocycles. The number of aliphatic hydroxyl groups excluding tert-OH is 1. The van der Waals surface area contributed by atoms with E-state index in [0.29, 0.717) is 11.4 Å². The zero-order valence-electron chi connectivity index (χ0n) is 10.3. The number of rotatable bonds is 4. The van der Waals surface area contributed by atoms with Gasteiger partial charge in [-0.05, 0) is 37.4 Å². The molecule has 0 spiro atoms. The first-order valence-corrected chi connectivity index (χ1v) is 6.88. The first-order chi connectivity index (χ1) is 8.70. The van der Waals surface area contributed by atoms with E-state index >= 15 is 0 Å². The Balaban J connectivity index is 2.18. The van der Waals surface area contributed by atoms with E-state index < -0.39 is 6.10 Å². The second-order valence-electron chi connectivity index (χ2n) is 3.85. The molecule has 1 atom stereocenters. The van der Waals surface area contributed by atoms with Gasteiger partial charge in [0.2, 0.25) is 0 Å². The number of hydrogen-bond acceptors (Lipinski definition) is 4. The molecule has 94 valence electrons. The first kappa shape index (κ1) is 12.9. The smallest absolute Gasteiger partial charge is 0.145 e. The Morgan fingerprint density at radius 3 is 2.61 bits per heavy atom. The van der Waals surface area contributed by atoms with Crippen molar-refractivity contribution in [2.45, 2.75) is 17.9 Å². The predicted molar refractivity (Wildman–Crippen MR) is 73.2 cm³/mol. The monoisotopic (exact) mass is 261 g/mol. The van der Waals surface area contributed by atoms with E-state index in [9.17, 15) is 5.11 Å². The third-order valence-corrected chi connectivity index (χ3v) is 3.26. The van der Waals surface area contributed by atoms with E-state index in [0.717, 1.165) is 10.6 Å². The highest BCUT2D eigenvalue weighted by atomic mass is 32.2. The van der Waals surface area contributed by atoms with Gasteiger partial charge in [0.25, 0.3) is 0 Å². The second kappa shape index (κ2) is 5.89. The molecular weight excluding hydrogens is 246 g/mol. The van der Waals surface area contributed by atoms with E-state index in [1.807, 2.05) is 36.6 Å². The van der Waals surface area contributed by atoms with Crippen LogP contribution in [0.25, 0.3) is 0 Å². The molecule has 1 N–H and O–H groups in total. The number of pyridine rings is 1. The van der Waals surface area contributed by atoms with Crippen LogP contribution in [0.1, 0.15) is 18.7 Å². The van der Waals surface area contributed by atoms with Crippen molar-refractivity contribution >= 4 is 11.8 Å². The Bertz CT molecular complexity index is 511. The van der Waals surface area contributed by atoms with Crippen LogP contribution in [0, 0.1) is 0 Å². The normalized spacial score (nSPS) is 12.2. The number of ether oxygens (including phenoxy) is 1. The number of aromatic nitrogens is 1. The summed E-state index contributed by atoms with van der Waals surface area (Å²) in [5, 5.41) is 9.38. The van der Waals surface area contributed by atoms with Crippen molar-refractivity contribution in [1.29, 1.82) is 0 Å². The summed E-state index contributed by atoms with van der Waals surface area (Å²) in [6.07, 6.45) is 3.08. The van der Waals surface area contributed by atoms with Gasteiger partial charge in [-0.1, -0.05) is 12.1 Å². The summed E-state index contributed by atoms with van der Waals surface area (Å²) in [5.74, 6) is 1.48. The van der Waals surface area contributed by atoms with Crippen LogP contribution in [-0.4, -0.2) is 16.3 Å². The van der Waals surface area contributed by atoms with E-state index in [1.54, 1.807) is 30.9 Å². The van der Waals surface area contributed by atoms with E-state index in [1.165, 1.54) is 0 Å². The number of para-hydroxylation sites is 1. The van der Waals surface area contributed by atoms with Crippen LogP contribution in [0.4, 0.5) is 0 Å². The molecule has 2 aromatic rings. The topological polar surface area (TPSA) is 42.4 Å². The van der Waals surface area contributed by atoms with Crippen LogP contribution < -0.4 is 4.74 Å². The minimum atomic E-state index is -0.558. The maximum Gasteiger partial charge on any atom is 0.145 e. The molecular formula is C14H15NO2S. The molecule has 0 unspecified atom stereocenters. The van der Waals surface area contributed by atoms with Gasteiger partial charge in [0, 0.05) is 4.90 Å². The molecule has 0 saturated heterocycles. The Kier molecular flexibility index (Phi) is 4.23. The van der Waals surface area contributed by atoms with Crippen molar-refractivity contribution in [1.82, 2.24) is 4.98 Å². The Morgan fingerprint density at radius 1 is 1.22 bits per heavy atom. The van der Waals surface area contributed by atoms with Gasteiger partial charge in [-0.3, -0.25) is 4.98 Å². The van der Waals surface area contributed by atoms with Gasteiger partial charge in [0.15, 0.2) is 0 Å². The highest BCUT2D eigenvalue weighted by Gasteiger charge is 2.05. The van der Waals surface area contributed by atoms with Crippen molar-refractivity contribution < 1.29 is 9.84 Å². The van der Waals surface area contributed by atoms with Gasteiger partial charge < -0.3 is 9.84 Å². The maximum absolute atomic E-state index is 9.38. The summed E-state index contributed by atoms with van der Waals surface area (Å²) >= 11 is 1.64. The maximum atomic E-state index is 9.38. The zero-order valence-corrected chi connectivity index (χ0v) is 11.1. The third-order valence-electron chi connectivity index (χ3n) is 2.48. The minimum absolute atomic E-state index is 0.558. The molecule has 0 radical (unpaired) electrons.